The summed E-state index contributed by atoms with van der Waals surface area (Å²) in [5.41, 5.74) is 7.43. The van der Waals surface area contributed by atoms with E-state index in [0.29, 0.717) is 12.2 Å². The van der Waals surface area contributed by atoms with Crippen LogP contribution in [0, 0.1) is 6.92 Å². The number of aromatic nitrogens is 1. The van der Waals surface area contributed by atoms with Gasteiger partial charge in [0, 0.05) is 25.3 Å². The minimum Gasteiger partial charge on any atom is -0.347 e. The molecular formula is C13H23N3O. The second-order valence-electron chi connectivity index (χ2n) is 4.47. The first-order valence-corrected chi connectivity index (χ1v) is 6.23. The molecule has 0 bridgehead atoms. The fourth-order valence-corrected chi connectivity index (χ4v) is 1.80. The second-order valence-corrected chi connectivity index (χ2v) is 4.47. The van der Waals surface area contributed by atoms with Crippen molar-refractivity contribution in [3.8, 4) is 0 Å². The summed E-state index contributed by atoms with van der Waals surface area (Å²) in [6.07, 6.45) is 3.16. The van der Waals surface area contributed by atoms with Gasteiger partial charge in [0.2, 0.25) is 0 Å². The Morgan fingerprint density at radius 1 is 1.53 bits per heavy atom. The predicted octanol–water partition coefficient (Wildman–Crippen LogP) is 1.58. The lowest BCUT2D eigenvalue weighted by Crippen LogP contribution is -2.40. The Morgan fingerprint density at radius 2 is 2.24 bits per heavy atom. The van der Waals surface area contributed by atoms with Crippen molar-refractivity contribution in [1.82, 2.24) is 9.88 Å². The molecule has 4 heteroatoms. The Bertz CT molecular complexity index is 371. The van der Waals surface area contributed by atoms with E-state index in [9.17, 15) is 4.79 Å². The van der Waals surface area contributed by atoms with Gasteiger partial charge in [-0.15, -0.1) is 0 Å². The van der Waals surface area contributed by atoms with Crippen molar-refractivity contribution in [2.45, 2.75) is 39.2 Å². The summed E-state index contributed by atoms with van der Waals surface area (Å²) in [5.74, 6) is -0.0350. The van der Waals surface area contributed by atoms with Crippen LogP contribution in [0.3, 0.4) is 0 Å². The molecule has 4 nitrogen and oxygen atoms in total. The molecule has 1 rings (SSSR count). The van der Waals surface area contributed by atoms with Crippen LogP contribution < -0.4 is 11.1 Å². The van der Waals surface area contributed by atoms with Gasteiger partial charge in [-0.1, -0.05) is 19.8 Å². The fraction of sp³-hybridized carbons (Fsp3) is 0.615. The van der Waals surface area contributed by atoms with Crippen molar-refractivity contribution in [1.29, 1.82) is 0 Å². The predicted molar refractivity (Wildman–Crippen MR) is 70.0 cm³/mol. The van der Waals surface area contributed by atoms with Crippen LogP contribution in [0.2, 0.25) is 0 Å². The van der Waals surface area contributed by atoms with Crippen LogP contribution in [0.25, 0.3) is 0 Å². The Kier molecular flexibility index (Phi) is 5.22. The number of carbonyl (C=O) groups excluding carboxylic acids is 1. The number of rotatable bonds is 6. The zero-order chi connectivity index (χ0) is 12.8. The molecule has 1 unspecified atom stereocenters. The van der Waals surface area contributed by atoms with E-state index in [1.807, 2.05) is 30.7 Å². The summed E-state index contributed by atoms with van der Waals surface area (Å²) in [4.78, 5) is 12.0. The molecule has 3 N–H and O–H groups in total. The van der Waals surface area contributed by atoms with Gasteiger partial charge in [-0.2, -0.15) is 0 Å². The number of hydrogen-bond donors (Lipinski definition) is 2. The maximum Gasteiger partial charge on any atom is 0.268 e. The van der Waals surface area contributed by atoms with Gasteiger partial charge < -0.3 is 15.6 Å². The molecular weight excluding hydrogens is 214 g/mol. The van der Waals surface area contributed by atoms with Gasteiger partial charge in [-0.25, -0.2) is 0 Å². The third-order valence-corrected chi connectivity index (χ3v) is 3.13. The first-order chi connectivity index (χ1) is 8.10. The van der Waals surface area contributed by atoms with Gasteiger partial charge in [0.25, 0.3) is 5.91 Å². The summed E-state index contributed by atoms with van der Waals surface area (Å²) >= 11 is 0. The van der Waals surface area contributed by atoms with E-state index in [1.165, 1.54) is 0 Å². The number of nitrogens with zero attached hydrogens (tertiary/aromatic N) is 1. The summed E-state index contributed by atoms with van der Waals surface area (Å²) in [6, 6.07) is 3.87. The van der Waals surface area contributed by atoms with Crippen LogP contribution in [0.1, 0.15) is 42.4 Å². The van der Waals surface area contributed by atoms with Gasteiger partial charge in [0.05, 0.1) is 0 Å². The number of hydrogen-bond acceptors (Lipinski definition) is 2. The Morgan fingerprint density at radius 3 is 2.71 bits per heavy atom. The molecule has 1 aromatic heterocycles. The van der Waals surface area contributed by atoms with E-state index in [1.54, 1.807) is 0 Å². The zero-order valence-corrected chi connectivity index (χ0v) is 11.0. The molecule has 0 fully saturated rings. The first-order valence-electron chi connectivity index (χ1n) is 6.23. The standard InChI is InChI=1S/C13H23N3O/c1-4-5-6-11(9-14)15-13(17)12-8-7-10(2)16(12)3/h7-8,11H,4-6,9,14H2,1-3H3,(H,15,17). The lowest BCUT2D eigenvalue weighted by molar-refractivity contribution is 0.0927. The lowest BCUT2D eigenvalue weighted by atomic mass is 10.1. The van der Waals surface area contributed by atoms with Gasteiger partial charge in [-0.3, -0.25) is 4.79 Å². The smallest absolute Gasteiger partial charge is 0.268 e. The first kappa shape index (κ1) is 13.8. The molecule has 0 aliphatic rings. The summed E-state index contributed by atoms with van der Waals surface area (Å²) in [6.45, 7) is 4.61. The molecule has 1 heterocycles. The minimum atomic E-state index is -0.0350. The van der Waals surface area contributed by atoms with E-state index in [2.05, 4.69) is 12.2 Å². The topological polar surface area (TPSA) is 60.0 Å². The monoisotopic (exact) mass is 237 g/mol. The molecule has 0 aliphatic heterocycles. The van der Waals surface area contributed by atoms with Crippen LogP contribution in [0.15, 0.2) is 12.1 Å². The van der Waals surface area contributed by atoms with Crippen molar-refractivity contribution in [2.75, 3.05) is 6.54 Å². The summed E-state index contributed by atoms with van der Waals surface area (Å²) in [5, 5.41) is 2.99. The van der Waals surface area contributed by atoms with Gasteiger partial charge in [0.1, 0.15) is 5.69 Å². The highest BCUT2D eigenvalue weighted by Gasteiger charge is 2.14. The highest BCUT2D eigenvalue weighted by molar-refractivity contribution is 5.93. The van der Waals surface area contributed by atoms with Gasteiger partial charge in [-0.05, 0) is 25.5 Å². The molecule has 0 aliphatic carbocycles. The maximum atomic E-state index is 12.0. The highest BCUT2D eigenvalue weighted by atomic mass is 16.2. The molecule has 1 amide bonds. The maximum absolute atomic E-state index is 12.0. The van der Waals surface area contributed by atoms with Crippen LogP contribution in [-0.2, 0) is 7.05 Å². The summed E-state index contributed by atoms with van der Waals surface area (Å²) < 4.78 is 1.89. The van der Waals surface area contributed by atoms with E-state index in [-0.39, 0.29) is 11.9 Å². The van der Waals surface area contributed by atoms with Crippen molar-refractivity contribution in [3.63, 3.8) is 0 Å². The molecule has 0 saturated carbocycles. The van der Waals surface area contributed by atoms with E-state index in [0.717, 1.165) is 25.0 Å². The number of aryl methyl sites for hydroxylation is 1. The normalized spacial score (nSPS) is 12.5. The molecule has 17 heavy (non-hydrogen) atoms. The van der Waals surface area contributed by atoms with E-state index >= 15 is 0 Å². The van der Waals surface area contributed by atoms with Crippen molar-refractivity contribution in [2.24, 2.45) is 12.8 Å². The quantitative estimate of drug-likeness (QED) is 0.789. The van der Waals surface area contributed by atoms with E-state index < -0.39 is 0 Å². The third kappa shape index (κ3) is 3.60. The molecule has 0 spiro atoms. The van der Waals surface area contributed by atoms with Crippen LogP contribution in [0.5, 0.6) is 0 Å². The number of amides is 1. The fourth-order valence-electron chi connectivity index (χ4n) is 1.80. The average Bonchev–Trinajstić information content (AvgIpc) is 2.65. The lowest BCUT2D eigenvalue weighted by Gasteiger charge is -2.16. The number of nitrogens with two attached hydrogens (primary N) is 1. The van der Waals surface area contributed by atoms with Crippen LogP contribution in [-0.4, -0.2) is 23.1 Å². The Balaban J connectivity index is 2.61. The number of unbranched alkanes of at least 4 members (excludes halogenated alkanes) is 1. The SMILES string of the molecule is CCCCC(CN)NC(=O)c1ccc(C)n1C. The van der Waals surface area contributed by atoms with Crippen LogP contribution in [0.4, 0.5) is 0 Å². The molecule has 0 aromatic carbocycles. The second kappa shape index (κ2) is 6.45. The van der Waals surface area contributed by atoms with Gasteiger partial charge >= 0.3 is 0 Å². The highest BCUT2D eigenvalue weighted by Crippen LogP contribution is 2.07. The van der Waals surface area contributed by atoms with Gasteiger partial charge in [0.15, 0.2) is 0 Å². The molecule has 1 atom stereocenters. The van der Waals surface area contributed by atoms with Crippen molar-refractivity contribution >= 4 is 5.91 Å². The number of nitrogens with one attached hydrogen (secondary N) is 1. The minimum absolute atomic E-state index is 0.0350. The largest absolute Gasteiger partial charge is 0.347 e. The van der Waals surface area contributed by atoms with Crippen molar-refractivity contribution in [3.05, 3.63) is 23.5 Å². The average molecular weight is 237 g/mol. The molecule has 1 aromatic rings. The third-order valence-electron chi connectivity index (χ3n) is 3.13. The van der Waals surface area contributed by atoms with Crippen molar-refractivity contribution < 1.29 is 4.79 Å². The molecule has 0 radical (unpaired) electrons. The molecule has 96 valence electrons. The summed E-state index contributed by atoms with van der Waals surface area (Å²) in [7, 11) is 1.90. The van der Waals surface area contributed by atoms with E-state index in [4.69, 9.17) is 5.73 Å². The van der Waals surface area contributed by atoms with Crippen LogP contribution >= 0.6 is 0 Å². The number of carbonyl (C=O) groups is 1. The zero-order valence-electron chi connectivity index (χ0n) is 11.0. The Labute approximate surface area is 103 Å². The molecule has 0 saturated heterocycles. The Hall–Kier alpha value is -1.29.